The summed E-state index contributed by atoms with van der Waals surface area (Å²) in [5.41, 5.74) is 2.95. The predicted molar refractivity (Wildman–Crippen MR) is 73.8 cm³/mol. The van der Waals surface area contributed by atoms with Crippen molar-refractivity contribution in [2.45, 2.75) is 6.42 Å². The van der Waals surface area contributed by atoms with Crippen molar-refractivity contribution in [2.75, 3.05) is 0 Å². The highest BCUT2D eigenvalue weighted by molar-refractivity contribution is 9.10. The lowest BCUT2D eigenvalue weighted by Gasteiger charge is -1.98. The van der Waals surface area contributed by atoms with E-state index in [2.05, 4.69) is 20.9 Å². The van der Waals surface area contributed by atoms with Gasteiger partial charge in [0.1, 0.15) is 11.4 Å². The first kappa shape index (κ1) is 11.3. The third-order valence-electron chi connectivity index (χ3n) is 2.79. The van der Waals surface area contributed by atoms with Gasteiger partial charge in [-0.1, -0.05) is 18.2 Å². The van der Waals surface area contributed by atoms with Gasteiger partial charge in [0, 0.05) is 12.6 Å². The van der Waals surface area contributed by atoms with Crippen LogP contribution in [0.25, 0.3) is 5.65 Å². The molecule has 0 aliphatic heterocycles. The van der Waals surface area contributed by atoms with Crippen LogP contribution in [-0.4, -0.2) is 14.5 Å². The standard InChI is InChI=1S/C14H11BrN2O/c15-13-5-2-6-14-16-11(9-17(13)14)7-10-3-1-4-12(18)8-10/h1-6,8-9,18H,7H2. The quantitative estimate of drug-likeness (QED) is 0.737. The molecule has 0 unspecified atom stereocenters. The lowest BCUT2D eigenvalue weighted by atomic mass is 10.1. The van der Waals surface area contributed by atoms with Crippen LogP contribution in [0.2, 0.25) is 0 Å². The van der Waals surface area contributed by atoms with Gasteiger partial charge in [0.25, 0.3) is 0 Å². The highest BCUT2D eigenvalue weighted by Crippen LogP contribution is 2.18. The molecule has 1 aromatic carbocycles. The second-order valence-electron chi connectivity index (χ2n) is 4.16. The van der Waals surface area contributed by atoms with Crippen molar-refractivity contribution < 1.29 is 5.11 Å². The van der Waals surface area contributed by atoms with Crippen molar-refractivity contribution in [3.8, 4) is 5.75 Å². The number of nitrogens with zero attached hydrogens (tertiary/aromatic N) is 2. The molecule has 3 nitrogen and oxygen atoms in total. The highest BCUT2D eigenvalue weighted by atomic mass is 79.9. The molecule has 0 radical (unpaired) electrons. The van der Waals surface area contributed by atoms with E-state index in [-0.39, 0.29) is 5.75 Å². The zero-order chi connectivity index (χ0) is 12.5. The Labute approximate surface area is 113 Å². The fourth-order valence-corrected chi connectivity index (χ4v) is 2.42. The molecule has 4 heteroatoms. The first-order chi connectivity index (χ1) is 8.72. The lowest BCUT2D eigenvalue weighted by Crippen LogP contribution is -1.87. The Morgan fingerprint density at radius 3 is 2.78 bits per heavy atom. The van der Waals surface area contributed by atoms with E-state index in [0.29, 0.717) is 6.42 Å². The molecule has 0 amide bonds. The molecule has 0 saturated heterocycles. The monoisotopic (exact) mass is 302 g/mol. The van der Waals surface area contributed by atoms with Crippen molar-refractivity contribution in [3.05, 3.63) is 64.5 Å². The Balaban J connectivity index is 1.98. The van der Waals surface area contributed by atoms with Gasteiger partial charge in [0.05, 0.1) is 10.3 Å². The van der Waals surface area contributed by atoms with Crippen LogP contribution >= 0.6 is 15.9 Å². The van der Waals surface area contributed by atoms with Gasteiger partial charge in [-0.05, 0) is 45.8 Å². The minimum absolute atomic E-state index is 0.289. The van der Waals surface area contributed by atoms with E-state index < -0.39 is 0 Å². The van der Waals surface area contributed by atoms with Crippen molar-refractivity contribution in [3.63, 3.8) is 0 Å². The molecule has 0 saturated carbocycles. The molecule has 1 N–H and O–H groups in total. The third-order valence-corrected chi connectivity index (χ3v) is 3.43. The number of imidazole rings is 1. The van der Waals surface area contributed by atoms with Gasteiger partial charge in [0.15, 0.2) is 0 Å². The van der Waals surface area contributed by atoms with Crippen molar-refractivity contribution in [1.29, 1.82) is 0 Å². The molecule has 3 rings (SSSR count). The molecule has 0 spiro atoms. The Morgan fingerprint density at radius 1 is 1.17 bits per heavy atom. The molecular formula is C14H11BrN2O. The van der Waals surface area contributed by atoms with E-state index in [0.717, 1.165) is 21.5 Å². The molecule has 0 atom stereocenters. The lowest BCUT2D eigenvalue weighted by molar-refractivity contribution is 0.474. The molecule has 0 aliphatic carbocycles. The van der Waals surface area contributed by atoms with E-state index in [4.69, 9.17) is 0 Å². The number of hydrogen-bond donors (Lipinski definition) is 1. The summed E-state index contributed by atoms with van der Waals surface area (Å²) >= 11 is 3.49. The number of halogens is 1. The molecular weight excluding hydrogens is 292 g/mol. The number of rotatable bonds is 2. The number of aromatic nitrogens is 2. The van der Waals surface area contributed by atoms with Gasteiger partial charge in [-0.3, -0.25) is 4.40 Å². The van der Waals surface area contributed by atoms with E-state index in [1.165, 1.54) is 0 Å². The molecule has 0 aliphatic rings. The Hall–Kier alpha value is -1.81. The van der Waals surface area contributed by atoms with Crippen LogP contribution in [0.15, 0.2) is 53.3 Å². The predicted octanol–water partition coefficient (Wildman–Crippen LogP) is 3.39. The van der Waals surface area contributed by atoms with Crippen LogP contribution in [-0.2, 0) is 6.42 Å². The van der Waals surface area contributed by atoms with Crippen molar-refractivity contribution >= 4 is 21.6 Å². The number of phenolic OH excluding ortho intramolecular Hbond substituents is 1. The summed E-state index contributed by atoms with van der Waals surface area (Å²) in [4.78, 5) is 4.55. The largest absolute Gasteiger partial charge is 0.508 e. The Morgan fingerprint density at radius 2 is 2.00 bits per heavy atom. The number of pyridine rings is 1. The van der Waals surface area contributed by atoms with Crippen LogP contribution in [0.1, 0.15) is 11.3 Å². The van der Waals surface area contributed by atoms with Crippen LogP contribution < -0.4 is 0 Å². The van der Waals surface area contributed by atoms with Gasteiger partial charge >= 0.3 is 0 Å². The number of hydrogen-bond acceptors (Lipinski definition) is 2. The van der Waals surface area contributed by atoms with Gasteiger partial charge in [0.2, 0.25) is 0 Å². The van der Waals surface area contributed by atoms with Crippen LogP contribution in [0.5, 0.6) is 5.75 Å². The van der Waals surface area contributed by atoms with Gasteiger partial charge in [-0.25, -0.2) is 4.98 Å². The first-order valence-corrected chi connectivity index (χ1v) is 6.42. The van der Waals surface area contributed by atoms with Crippen LogP contribution in [0, 0.1) is 0 Å². The summed E-state index contributed by atoms with van der Waals surface area (Å²) in [6.07, 6.45) is 2.71. The third kappa shape index (κ3) is 2.11. The van der Waals surface area contributed by atoms with Gasteiger partial charge in [-0.2, -0.15) is 0 Å². The fourth-order valence-electron chi connectivity index (χ4n) is 1.99. The van der Waals surface area contributed by atoms with E-state index in [1.54, 1.807) is 12.1 Å². The summed E-state index contributed by atoms with van der Waals surface area (Å²) < 4.78 is 2.98. The van der Waals surface area contributed by atoms with E-state index in [1.807, 2.05) is 40.9 Å². The first-order valence-electron chi connectivity index (χ1n) is 5.63. The van der Waals surface area contributed by atoms with E-state index in [9.17, 15) is 5.11 Å². The molecule has 3 aromatic rings. The van der Waals surface area contributed by atoms with Crippen LogP contribution in [0.4, 0.5) is 0 Å². The zero-order valence-corrected chi connectivity index (χ0v) is 11.1. The molecule has 18 heavy (non-hydrogen) atoms. The molecule has 90 valence electrons. The zero-order valence-electron chi connectivity index (χ0n) is 9.55. The minimum Gasteiger partial charge on any atom is -0.508 e. The highest BCUT2D eigenvalue weighted by Gasteiger charge is 2.05. The number of fused-ring (bicyclic) bond motifs is 1. The summed E-state index contributed by atoms with van der Waals surface area (Å²) in [5.74, 6) is 0.289. The SMILES string of the molecule is Oc1cccc(Cc2cn3c(Br)cccc3n2)c1. The maximum Gasteiger partial charge on any atom is 0.137 e. The maximum atomic E-state index is 9.44. The summed E-state index contributed by atoms with van der Waals surface area (Å²) in [5, 5.41) is 9.44. The summed E-state index contributed by atoms with van der Waals surface area (Å²) in [6, 6.07) is 13.2. The Kier molecular flexibility index (Phi) is 2.80. The summed E-state index contributed by atoms with van der Waals surface area (Å²) in [6.45, 7) is 0. The average Bonchev–Trinajstić information content (AvgIpc) is 2.73. The fraction of sp³-hybridized carbons (Fsp3) is 0.0714. The molecule has 2 heterocycles. The average molecular weight is 303 g/mol. The number of phenols is 1. The second kappa shape index (κ2) is 4.46. The second-order valence-corrected chi connectivity index (χ2v) is 4.97. The molecule has 0 bridgehead atoms. The molecule has 0 fully saturated rings. The van der Waals surface area contributed by atoms with E-state index >= 15 is 0 Å². The van der Waals surface area contributed by atoms with Gasteiger partial charge in [-0.15, -0.1) is 0 Å². The van der Waals surface area contributed by atoms with Gasteiger partial charge < -0.3 is 5.11 Å². The van der Waals surface area contributed by atoms with Crippen molar-refractivity contribution in [2.24, 2.45) is 0 Å². The maximum absolute atomic E-state index is 9.44. The summed E-state index contributed by atoms with van der Waals surface area (Å²) in [7, 11) is 0. The molecule has 2 aromatic heterocycles. The topological polar surface area (TPSA) is 37.5 Å². The minimum atomic E-state index is 0.289. The smallest absolute Gasteiger partial charge is 0.137 e. The Bertz CT molecular complexity index is 706. The normalized spacial score (nSPS) is 10.9. The van der Waals surface area contributed by atoms with Crippen molar-refractivity contribution in [1.82, 2.24) is 9.38 Å². The number of benzene rings is 1. The van der Waals surface area contributed by atoms with Crippen LogP contribution in [0.3, 0.4) is 0 Å². The number of aromatic hydroxyl groups is 1.